The van der Waals surface area contributed by atoms with Gasteiger partial charge in [-0.15, -0.1) is 0 Å². The number of hydrogen-bond donors (Lipinski definition) is 1. The van der Waals surface area contributed by atoms with Crippen LogP contribution in [-0.4, -0.2) is 47.6 Å². The predicted molar refractivity (Wildman–Crippen MR) is 26.9 cm³/mol. The summed E-state index contributed by atoms with van der Waals surface area (Å²) < 4.78 is 4.71. The van der Waals surface area contributed by atoms with Gasteiger partial charge in [0.25, 0.3) is 0 Å². The minimum absolute atomic E-state index is 0. The maximum atomic E-state index is 8.51. The van der Waals surface area contributed by atoms with Gasteiger partial charge in [-0.05, 0) is 6.42 Å². The molecule has 0 spiro atoms. The van der Waals surface area contributed by atoms with Gasteiger partial charge < -0.3 is 9.84 Å². The minimum Gasteiger partial charge on any atom is -0.368 e. The number of aliphatic hydroxyl groups excluding tert-OH is 1. The summed E-state index contributed by atoms with van der Waals surface area (Å²) in [6.07, 6.45) is 1.38. The summed E-state index contributed by atoms with van der Waals surface area (Å²) in [5.74, 6) is 0. The van der Waals surface area contributed by atoms with Crippen LogP contribution in [0.25, 0.3) is 0 Å². The maximum absolute atomic E-state index is 8.51. The molecular formula is C4H8NaO2. The molecule has 1 saturated heterocycles. The molecule has 0 amide bonds. The Balaban J connectivity index is 0.000000360. The van der Waals surface area contributed by atoms with E-state index in [1.807, 2.05) is 0 Å². The van der Waals surface area contributed by atoms with Gasteiger partial charge in [-0.1, -0.05) is 0 Å². The predicted octanol–water partition coefficient (Wildman–Crippen LogP) is -0.266. The van der Waals surface area contributed by atoms with Gasteiger partial charge in [-0.2, -0.15) is 0 Å². The monoisotopic (exact) mass is 111 g/mol. The van der Waals surface area contributed by atoms with Crippen LogP contribution >= 0.6 is 0 Å². The van der Waals surface area contributed by atoms with Crippen LogP contribution in [0.3, 0.4) is 0 Å². The molecule has 2 nitrogen and oxygen atoms in total. The third-order valence-electron chi connectivity index (χ3n) is 0.906. The first-order valence-electron chi connectivity index (χ1n) is 2.19. The van der Waals surface area contributed by atoms with E-state index in [4.69, 9.17) is 9.84 Å². The molecule has 0 saturated carbocycles. The van der Waals surface area contributed by atoms with Crippen molar-refractivity contribution in [2.45, 2.75) is 19.1 Å². The van der Waals surface area contributed by atoms with E-state index < -0.39 is 6.29 Å². The first-order chi connectivity index (χ1) is 2.89. The molecule has 0 bridgehead atoms. The fourth-order valence-electron chi connectivity index (χ4n) is 0.561. The molecule has 1 N–H and O–H groups in total. The van der Waals surface area contributed by atoms with Crippen molar-refractivity contribution in [2.75, 3.05) is 6.61 Å². The number of aliphatic hydroxyl groups is 1. The second kappa shape index (κ2) is 3.87. The van der Waals surface area contributed by atoms with Crippen LogP contribution in [0.4, 0.5) is 0 Å². The van der Waals surface area contributed by atoms with Crippen molar-refractivity contribution in [3.8, 4) is 0 Å². The van der Waals surface area contributed by atoms with Gasteiger partial charge in [-0.3, -0.25) is 0 Å². The number of ether oxygens (including phenoxy) is 1. The van der Waals surface area contributed by atoms with Gasteiger partial charge in [0.05, 0.1) is 0 Å². The zero-order valence-corrected chi connectivity index (χ0v) is 6.55. The third-order valence-corrected chi connectivity index (χ3v) is 0.906. The van der Waals surface area contributed by atoms with Crippen molar-refractivity contribution < 1.29 is 9.84 Å². The molecule has 1 fully saturated rings. The molecule has 7 heavy (non-hydrogen) atoms. The van der Waals surface area contributed by atoms with Crippen LogP contribution in [0.15, 0.2) is 0 Å². The van der Waals surface area contributed by atoms with Gasteiger partial charge in [0.2, 0.25) is 0 Å². The number of hydrogen-bond acceptors (Lipinski definition) is 2. The first kappa shape index (κ1) is 7.92. The molecule has 1 heterocycles. The van der Waals surface area contributed by atoms with Crippen LogP contribution in [0, 0.1) is 0 Å². The van der Waals surface area contributed by atoms with Gasteiger partial charge in [0.1, 0.15) is 0 Å². The van der Waals surface area contributed by atoms with E-state index >= 15 is 0 Å². The Bertz CT molecular complexity index is 43.0. The molecule has 3 heteroatoms. The summed E-state index contributed by atoms with van der Waals surface area (Å²) in [4.78, 5) is 0. The first-order valence-corrected chi connectivity index (χ1v) is 2.19. The van der Waals surface area contributed by atoms with Gasteiger partial charge in [0.15, 0.2) is 6.29 Å². The molecular weight excluding hydrogens is 103 g/mol. The quantitative estimate of drug-likeness (QED) is 0.436. The van der Waals surface area contributed by atoms with Crippen molar-refractivity contribution in [1.29, 1.82) is 0 Å². The smallest absolute Gasteiger partial charge is 0.154 e. The summed E-state index contributed by atoms with van der Waals surface area (Å²) in [5.41, 5.74) is 0. The van der Waals surface area contributed by atoms with Crippen LogP contribution in [0.1, 0.15) is 12.8 Å². The molecule has 0 aromatic rings. The van der Waals surface area contributed by atoms with Gasteiger partial charge in [-0.25, -0.2) is 0 Å². The minimum atomic E-state index is -0.454. The molecule has 0 aliphatic carbocycles. The van der Waals surface area contributed by atoms with E-state index in [0.29, 0.717) is 0 Å². The third kappa shape index (κ3) is 2.67. The van der Waals surface area contributed by atoms with Crippen LogP contribution in [-0.2, 0) is 4.74 Å². The molecule has 1 radical (unpaired) electrons. The van der Waals surface area contributed by atoms with Gasteiger partial charge >= 0.3 is 0 Å². The van der Waals surface area contributed by atoms with E-state index in [-0.39, 0.29) is 29.6 Å². The Kier molecular flexibility index (Phi) is 4.37. The molecule has 37 valence electrons. The number of rotatable bonds is 0. The van der Waals surface area contributed by atoms with E-state index in [0.717, 1.165) is 19.4 Å². The van der Waals surface area contributed by atoms with Crippen molar-refractivity contribution in [3.05, 3.63) is 0 Å². The van der Waals surface area contributed by atoms with Gasteiger partial charge in [0, 0.05) is 42.6 Å². The van der Waals surface area contributed by atoms with E-state index in [2.05, 4.69) is 0 Å². The summed E-state index contributed by atoms with van der Waals surface area (Å²) in [6.45, 7) is 0.737. The molecule has 1 atom stereocenters. The van der Waals surface area contributed by atoms with Crippen molar-refractivity contribution >= 4 is 29.6 Å². The van der Waals surface area contributed by atoms with E-state index in [1.165, 1.54) is 0 Å². The summed E-state index contributed by atoms with van der Waals surface area (Å²) in [6, 6.07) is 0. The Hall–Kier alpha value is 0.920. The average Bonchev–Trinajstić information content (AvgIpc) is 1.86. The Labute approximate surface area is 65.1 Å². The SMILES string of the molecule is OC1CCCO1.[Na]. The van der Waals surface area contributed by atoms with Crippen molar-refractivity contribution in [2.24, 2.45) is 0 Å². The molecule has 1 unspecified atom stereocenters. The Morgan fingerprint density at radius 1 is 1.57 bits per heavy atom. The Morgan fingerprint density at radius 2 is 2.29 bits per heavy atom. The van der Waals surface area contributed by atoms with E-state index in [9.17, 15) is 0 Å². The molecule has 1 aliphatic rings. The second-order valence-corrected chi connectivity index (χ2v) is 1.47. The van der Waals surface area contributed by atoms with Crippen LogP contribution < -0.4 is 0 Å². The average molecular weight is 111 g/mol. The van der Waals surface area contributed by atoms with Crippen LogP contribution in [0.2, 0.25) is 0 Å². The fourth-order valence-corrected chi connectivity index (χ4v) is 0.561. The largest absolute Gasteiger partial charge is 0.368 e. The van der Waals surface area contributed by atoms with Crippen LogP contribution in [0.5, 0.6) is 0 Å². The van der Waals surface area contributed by atoms with Crippen molar-refractivity contribution in [3.63, 3.8) is 0 Å². The topological polar surface area (TPSA) is 29.5 Å². The summed E-state index contributed by atoms with van der Waals surface area (Å²) >= 11 is 0. The van der Waals surface area contributed by atoms with Crippen molar-refractivity contribution in [1.82, 2.24) is 0 Å². The molecule has 0 aromatic carbocycles. The summed E-state index contributed by atoms with van der Waals surface area (Å²) in [5, 5.41) is 8.51. The molecule has 1 aliphatic heterocycles. The second-order valence-electron chi connectivity index (χ2n) is 1.47. The molecule has 1 rings (SSSR count). The maximum Gasteiger partial charge on any atom is 0.154 e. The standard InChI is InChI=1S/C4H8O2.Na/c5-4-2-1-3-6-4;/h4-5H,1-3H2;. The zero-order valence-electron chi connectivity index (χ0n) is 4.55. The normalized spacial score (nSPS) is 29.6. The summed E-state index contributed by atoms with van der Waals surface area (Å²) in [7, 11) is 0. The fraction of sp³-hybridized carbons (Fsp3) is 1.00. The zero-order chi connectivity index (χ0) is 4.41. The molecule has 0 aromatic heterocycles. The van der Waals surface area contributed by atoms with E-state index in [1.54, 1.807) is 0 Å². The Morgan fingerprint density at radius 3 is 2.43 bits per heavy atom.